The normalized spacial score (nSPS) is 25.6. The quantitative estimate of drug-likeness (QED) is 0.741. The predicted octanol–water partition coefficient (Wildman–Crippen LogP) is 2.43. The highest BCUT2D eigenvalue weighted by Crippen LogP contribution is 2.38. The van der Waals surface area contributed by atoms with E-state index in [-0.39, 0.29) is 11.9 Å². The molecule has 3 fully saturated rings. The molecule has 0 bridgehead atoms. The summed E-state index contributed by atoms with van der Waals surface area (Å²) in [6.07, 6.45) is 2.70. The molecule has 1 aromatic carbocycles. The summed E-state index contributed by atoms with van der Waals surface area (Å²) in [7, 11) is 3.41. The molecule has 7 heteroatoms. The molecule has 3 heterocycles. The molecule has 6 nitrogen and oxygen atoms in total. The molecule has 0 aromatic heterocycles. The average Bonchev–Trinajstić information content (AvgIpc) is 3.30. The van der Waals surface area contributed by atoms with Crippen LogP contribution in [0.5, 0.6) is 5.75 Å². The third kappa shape index (κ3) is 3.21. The van der Waals surface area contributed by atoms with Crippen LogP contribution in [0.1, 0.15) is 24.8 Å². The van der Waals surface area contributed by atoms with Crippen LogP contribution < -0.4 is 4.74 Å². The number of carbonyl (C=O) groups excluding carboxylic acids is 2. The molecule has 3 saturated heterocycles. The Morgan fingerprint density at radius 2 is 1.89 bits per heavy atom. The van der Waals surface area contributed by atoms with Gasteiger partial charge < -0.3 is 9.64 Å². The Balaban J connectivity index is 1.47. The van der Waals surface area contributed by atoms with Crippen molar-refractivity contribution in [2.75, 3.05) is 38.8 Å². The first kappa shape index (κ1) is 18.6. The molecule has 1 aromatic rings. The van der Waals surface area contributed by atoms with E-state index in [9.17, 15) is 9.59 Å². The Hall–Kier alpha value is -1.73. The molecule has 3 aliphatic rings. The molecule has 0 aliphatic carbocycles. The van der Waals surface area contributed by atoms with Crippen molar-refractivity contribution in [3.63, 3.8) is 0 Å². The zero-order chi connectivity index (χ0) is 19.0. The Bertz CT molecular complexity index is 710. The molecule has 1 spiro atoms. The number of thioether (sulfide) groups is 1. The summed E-state index contributed by atoms with van der Waals surface area (Å²) >= 11 is 2.01. The number of imide groups is 1. The molecular formula is C20H27N3O3S. The molecule has 146 valence electrons. The van der Waals surface area contributed by atoms with E-state index < -0.39 is 5.54 Å². The molecule has 3 amide bonds. The third-order valence-electron chi connectivity index (χ3n) is 6.35. The number of hydrogen-bond acceptors (Lipinski definition) is 5. The smallest absolute Gasteiger partial charge is 0.327 e. The number of amides is 3. The number of likely N-dealkylation sites (N-methyl/N-ethyl adjacent to an activating group) is 1. The lowest BCUT2D eigenvalue weighted by molar-refractivity contribution is -0.135. The second-order valence-corrected chi connectivity index (χ2v) is 8.82. The Labute approximate surface area is 164 Å². The molecule has 0 radical (unpaired) electrons. The van der Waals surface area contributed by atoms with Crippen LogP contribution in [0, 0.1) is 0 Å². The molecular weight excluding hydrogens is 362 g/mol. The molecule has 1 atom stereocenters. The lowest BCUT2D eigenvalue weighted by atomic mass is 9.85. The maximum atomic E-state index is 13.3. The van der Waals surface area contributed by atoms with Gasteiger partial charge in [-0.05, 0) is 42.7 Å². The Morgan fingerprint density at radius 1 is 1.19 bits per heavy atom. The van der Waals surface area contributed by atoms with Gasteiger partial charge in [-0.15, -0.1) is 0 Å². The van der Waals surface area contributed by atoms with Crippen LogP contribution >= 0.6 is 11.8 Å². The van der Waals surface area contributed by atoms with E-state index in [1.165, 1.54) is 22.8 Å². The molecule has 4 rings (SSSR count). The number of likely N-dealkylation sites (tertiary alicyclic amines) is 1. The Kier molecular flexibility index (Phi) is 5.07. The van der Waals surface area contributed by atoms with Crippen LogP contribution in [0.2, 0.25) is 0 Å². The maximum absolute atomic E-state index is 13.3. The predicted molar refractivity (Wildman–Crippen MR) is 106 cm³/mol. The van der Waals surface area contributed by atoms with Crippen molar-refractivity contribution in [3.8, 4) is 5.75 Å². The van der Waals surface area contributed by atoms with Gasteiger partial charge in [0.1, 0.15) is 11.3 Å². The van der Waals surface area contributed by atoms with Crippen LogP contribution in [0.3, 0.4) is 0 Å². The summed E-state index contributed by atoms with van der Waals surface area (Å²) < 4.78 is 5.18. The summed E-state index contributed by atoms with van der Waals surface area (Å²) in [5.41, 5.74) is 0.273. The Morgan fingerprint density at radius 3 is 2.48 bits per heavy atom. The van der Waals surface area contributed by atoms with E-state index in [4.69, 9.17) is 4.74 Å². The first-order valence-corrected chi connectivity index (χ1v) is 10.7. The number of urea groups is 1. The van der Waals surface area contributed by atoms with Crippen LogP contribution in [-0.2, 0) is 11.3 Å². The van der Waals surface area contributed by atoms with Crippen molar-refractivity contribution >= 4 is 23.7 Å². The highest BCUT2D eigenvalue weighted by atomic mass is 32.2. The van der Waals surface area contributed by atoms with E-state index >= 15 is 0 Å². The standard InChI is InChI=1S/C20H27N3O3S/c1-21-19(25)23(13-15-3-5-17(26-2)6-4-15)18(24)20(21)8-10-22(11-9-20)16-7-12-27-14-16/h3-6,16H,7-14H2,1-2H3/t16-/m0/s1. The number of nitrogens with zero attached hydrogens (tertiary/aromatic N) is 3. The van der Waals surface area contributed by atoms with Crippen molar-refractivity contribution in [2.24, 2.45) is 0 Å². The van der Waals surface area contributed by atoms with Crippen molar-refractivity contribution < 1.29 is 14.3 Å². The molecule has 0 unspecified atom stereocenters. The summed E-state index contributed by atoms with van der Waals surface area (Å²) in [6.45, 7) is 2.10. The zero-order valence-corrected chi connectivity index (χ0v) is 16.8. The van der Waals surface area contributed by atoms with E-state index in [2.05, 4.69) is 4.90 Å². The minimum atomic E-state index is -0.661. The second kappa shape index (κ2) is 7.36. The van der Waals surface area contributed by atoms with Crippen molar-refractivity contribution in [2.45, 2.75) is 37.4 Å². The highest BCUT2D eigenvalue weighted by Gasteiger charge is 2.56. The van der Waals surface area contributed by atoms with Gasteiger partial charge in [0.15, 0.2) is 0 Å². The number of hydrogen-bond donors (Lipinski definition) is 0. The summed E-state index contributed by atoms with van der Waals surface area (Å²) in [5.74, 6) is 3.16. The van der Waals surface area contributed by atoms with E-state index in [1.54, 1.807) is 19.1 Å². The van der Waals surface area contributed by atoms with Crippen molar-refractivity contribution in [3.05, 3.63) is 29.8 Å². The molecule has 0 saturated carbocycles. The minimum Gasteiger partial charge on any atom is -0.497 e. The van der Waals surface area contributed by atoms with E-state index in [0.717, 1.165) is 37.2 Å². The van der Waals surface area contributed by atoms with Crippen molar-refractivity contribution in [1.29, 1.82) is 0 Å². The van der Waals surface area contributed by atoms with Crippen LogP contribution in [0.25, 0.3) is 0 Å². The third-order valence-corrected chi connectivity index (χ3v) is 7.49. The van der Waals surface area contributed by atoms with Gasteiger partial charge in [0, 0.05) is 31.9 Å². The first-order valence-electron chi connectivity index (χ1n) is 9.60. The fraction of sp³-hybridized carbons (Fsp3) is 0.600. The van der Waals surface area contributed by atoms with Gasteiger partial charge in [-0.1, -0.05) is 12.1 Å². The molecule has 0 N–H and O–H groups in total. The van der Waals surface area contributed by atoms with Gasteiger partial charge in [0.25, 0.3) is 5.91 Å². The van der Waals surface area contributed by atoms with Crippen LogP contribution in [0.15, 0.2) is 24.3 Å². The lowest BCUT2D eigenvalue weighted by Gasteiger charge is -2.42. The number of methoxy groups -OCH3 is 1. The molecule has 27 heavy (non-hydrogen) atoms. The number of rotatable bonds is 4. The fourth-order valence-electron chi connectivity index (χ4n) is 4.52. The lowest BCUT2D eigenvalue weighted by Crippen LogP contribution is -2.57. The highest BCUT2D eigenvalue weighted by molar-refractivity contribution is 7.99. The number of piperidine rings is 1. The first-order chi connectivity index (χ1) is 13.0. The van der Waals surface area contributed by atoms with Gasteiger partial charge in [-0.2, -0.15) is 11.8 Å². The van der Waals surface area contributed by atoms with E-state index in [0.29, 0.717) is 12.6 Å². The summed E-state index contributed by atoms with van der Waals surface area (Å²) in [5, 5.41) is 0. The number of carbonyl (C=O) groups is 2. The topological polar surface area (TPSA) is 53.1 Å². The number of benzene rings is 1. The van der Waals surface area contributed by atoms with E-state index in [1.807, 2.05) is 36.0 Å². The average molecular weight is 390 g/mol. The van der Waals surface area contributed by atoms with Gasteiger partial charge in [-0.25, -0.2) is 4.79 Å². The van der Waals surface area contributed by atoms with Crippen LogP contribution in [0.4, 0.5) is 4.79 Å². The largest absolute Gasteiger partial charge is 0.497 e. The maximum Gasteiger partial charge on any atom is 0.327 e. The summed E-state index contributed by atoms with van der Waals surface area (Å²) in [4.78, 5) is 31.7. The van der Waals surface area contributed by atoms with Gasteiger partial charge in [-0.3, -0.25) is 14.6 Å². The van der Waals surface area contributed by atoms with Crippen LogP contribution in [-0.4, -0.2) is 77.0 Å². The zero-order valence-electron chi connectivity index (χ0n) is 16.0. The van der Waals surface area contributed by atoms with Crippen molar-refractivity contribution in [1.82, 2.24) is 14.7 Å². The monoisotopic (exact) mass is 389 g/mol. The SMILES string of the molecule is COc1ccc(CN2C(=O)N(C)C3(CCN([C@H]4CCSC4)CC3)C2=O)cc1. The van der Waals surface area contributed by atoms with Gasteiger partial charge in [0.05, 0.1) is 13.7 Å². The van der Waals surface area contributed by atoms with Gasteiger partial charge >= 0.3 is 6.03 Å². The fourth-order valence-corrected chi connectivity index (χ4v) is 5.77. The number of ether oxygens (including phenoxy) is 1. The minimum absolute atomic E-state index is 0.0359. The second-order valence-electron chi connectivity index (χ2n) is 7.67. The summed E-state index contributed by atoms with van der Waals surface area (Å²) in [6, 6.07) is 7.99. The van der Waals surface area contributed by atoms with Gasteiger partial charge in [0.2, 0.25) is 0 Å². The molecule has 3 aliphatic heterocycles.